The van der Waals surface area contributed by atoms with Crippen molar-refractivity contribution in [1.29, 1.82) is 0 Å². The van der Waals surface area contributed by atoms with Crippen molar-refractivity contribution < 1.29 is 28.7 Å². The van der Waals surface area contributed by atoms with Gasteiger partial charge in [-0.2, -0.15) is 0 Å². The van der Waals surface area contributed by atoms with Gasteiger partial charge in [0.2, 0.25) is 0 Å². The number of ether oxygens (including phenoxy) is 2. The van der Waals surface area contributed by atoms with E-state index in [2.05, 4.69) is 16.0 Å². The van der Waals surface area contributed by atoms with Gasteiger partial charge in [-0.05, 0) is 24.3 Å². The molecule has 0 bridgehead atoms. The molecule has 0 spiro atoms. The van der Waals surface area contributed by atoms with Gasteiger partial charge in [0.05, 0.1) is 29.3 Å². The van der Waals surface area contributed by atoms with Crippen molar-refractivity contribution in [3.8, 4) is 0 Å². The summed E-state index contributed by atoms with van der Waals surface area (Å²) in [6.07, 6.45) is 0. The SMILES string of the molecule is CCOC(=O)C1=C(COC(=O)C(NC(=O)c2cccs2)C(C)C)NC(=O)NC1. The largest absolute Gasteiger partial charge is 0.463 e. The molecule has 0 aromatic carbocycles. The van der Waals surface area contributed by atoms with Gasteiger partial charge in [0, 0.05) is 0 Å². The van der Waals surface area contributed by atoms with Crippen LogP contribution in [0.15, 0.2) is 28.8 Å². The molecule has 1 unspecified atom stereocenters. The molecule has 1 aliphatic heterocycles. The number of nitrogens with one attached hydrogen (secondary N) is 3. The fourth-order valence-electron chi connectivity index (χ4n) is 2.42. The number of carbonyl (C=O) groups excluding carboxylic acids is 4. The highest BCUT2D eigenvalue weighted by Crippen LogP contribution is 2.13. The van der Waals surface area contributed by atoms with Gasteiger partial charge >= 0.3 is 18.0 Å². The summed E-state index contributed by atoms with van der Waals surface area (Å²) in [5, 5.41) is 9.35. The van der Waals surface area contributed by atoms with Gasteiger partial charge in [-0.3, -0.25) is 4.79 Å². The van der Waals surface area contributed by atoms with Crippen LogP contribution in [-0.4, -0.2) is 49.7 Å². The first-order valence-electron chi connectivity index (χ1n) is 8.78. The molecule has 152 valence electrons. The van der Waals surface area contributed by atoms with Crippen molar-refractivity contribution in [2.75, 3.05) is 19.8 Å². The molecule has 1 aromatic heterocycles. The van der Waals surface area contributed by atoms with Crippen molar-refractivity contribution in [2.24, 2.45) is 5.92 Å². The van der Waals surface area contributed by atoms with Crippen molar-refractivity contribution in [3.63, 3.8) is 0 Å². The number of carbonyl (C=O) groups is 4. The van der Waals surface area contributed by atoms with E-state index in [0.717, 1.165) is 0 Å². The summed E-state index contributed by atoms with van der Waals surface area (Å²) >= 11 is 1.26. The average molecular weight is 409 g/mol. The average Bonchev–Trinajstić information content (AvgIpc) is 3.18. The molecule has 0 saturated carbocycles. The molecule has 10 heteroatoms. The van der Waals surface area contributed by atoms with Gasteiger partial charge in [0.1, 0.15) is 12.6 Å². The minimum atomic E-state index is -0.876. The van der Waals surface area contributed by atoms with Gasteiger partial charge in [-0.25, -0.2) is 14.4 Å². The number of hydrogen-bond acceptors (Lipinski definition) is 7. The number of hydrogen-bond donors (Lipinski definition) is 3. The second kappa shape index (κ2) is 9.88. The predicted octanol–water partition coefficient (Wildman–Crippen LogP) is 1.18. The molecule has 2 rings (SSSR count). The number of esters is 2. The number of urea groups is 1. The van der Waals surface area contributed by atoms with E-state index in [1.807, 2.05) is 0 Å². The maximum atomic E-state index is 12.5. The Labute approximate surface area is 166 Å². The summed E-state index contributed by atoms with van der Waals surface area (Å²) in [5.74, 6) is -1.86. The van der Waals surface area contributed by atoms with Crippen molar-refractivity contribution >= 4 is 35.2 Å². The highest BCUT2D eigenvalue weighted by molar-refractivity contribution is 7.12. The lowest BCUT2D eigenvalue weighted by Crippen LogP contribution is -2.47. The quantitative estimate of drug-likeness (QED) is 0.554. The zero-order valence-corrected chi connectivity index (χ0v) is 16.7. The zero-order valence-electron chi connectivity index (χ0n) is 15.9. The summed E-state index contributed by atoms with van der Waals surface area (Å²) < 4.78 is 10.2. The van der Waals surface area contributed by atoms with Gasteiger partial charge in [-0.15, -0.1) is 11.3 Å². The Bertz CT molecular complexity index is 772. The normalized spacial score (nSPS) is 14.8. The van der Waals surface area contributed by atoms with E-state index < -0.39 is 24.0 Å². The van der Waals surface area contributed by atoms with Crippen LogP contribution in [0.25, 0.3) is 0 Å². The van der Waals surface area contributed by atoms with E-state index in [1.165, 1.54) is 11.3 Å². The molecule has 1 atom stereocenters. The Hall–Kier alpha value is -2.88. The van der Waals surface area contributed by atoms with Gasteiger partial charge in [-0.1, -0.05) is 19.9 Å². The summed E-state index contributed by atoms with van der Waals surface area (Å²) in [5.41, 5.74) is 0.334. The van der Waals surface area contributed by atoms with Gasteiger partial charge in [0.15, 0.2) is 0 Å². The summed E-state index contributed by atoms with van der Waals surface area (Å²) in [6, 6.07) is 2.01. The third-order valence-electron chi connectivity index (χ3n) is 3.89. The zero-order chi connectivity index (χ0) is 20.7. The predicted molar refractivity (Wildman–Crippen MR) is 102 cm³/mol. The second-order valence-corrected chi connectivity index (χ2v) is 7.21. The molecule has 9 nitrogen and oxygen atoms in total. The van der Waals surface area contributed by atoms with Gasteiger partial charge in [0.25, 0.3) is 5.91 Å². The summed E-state index contributed by atoms with van der Waals surface area (Å²) in [6.45, 7) is 5.04. The fourth-order valence-corrected chi connectivity index (χ4v) is 3.05. The van der Waals surface area contributed by atoms with Crippen LogP contribution >= 0.6 is 11.3 Å². The van der Waals surface area contributed by atoms with Crippen molar-refractivity contribution in [2.45, 2.75) is 26.8 Å². The minimum Gasteiger partial charge on any atom is -0.463 e. The first-order valence-corrected chi connectivity index (χ1v) is 9.66. The van der Waals surface area contributed by atoms with Crippen LogP contribution in [0.2, 0.25) is 0 Å². The Morgan fingerprint density at radius 2 is 2.04 bits per heavy atom. The summed E-state index contributed by atoms with van der Waals surface area (Å²) in [4.78, 5) is 48.8. The highest BCUT2D eigenvalue weighted by Gasteiger charge is 2.29. The molecule has 28 heavy (non-hydrogen) atoms. The number of thiophene rings is 1. The lowest BCUT2D eigenvalue weighted by Gasteiger charge is -2.23. The lowest BCUT2D eigenvalue weighted by atomic mass is 10.0. The molecule has 2 heterocycles. The van der Waals surface area contributed by atoms with E-state index >= 15 is 0 Å². The maximum absolute atomic E-state index is 12.5. The number of amides is 3. The van der Waals surface area contributed by atoms with Crippen LogP contribution < -0.4 is 16.0 Å². The van der Waals surface area contributed by atoms with Crippen LogP contribution in [0, 0.1) is 5.92 Å². The monoisotopic (exact) mass is 409 g/mol. The molecule has 3 amide bonds. The molecular formula is C18H23N3O6S. The van der Waals surface area contributed by atoms with Crippen molar-refractivity contribution in [3.05, 3.63) is 33.7 Å². The molecule has 3 N–H and O–H groups in total. The van der Waals surface area contributed by atoms with Crippen LogP contribution in [0.4, 0.5) is 4.79 Å². The molecular weight excluding hydrogens is 386 g/mol. The lowest BCUT2D eigenvalue weighted by molar-refractivity contribution is -0.146. The summed E-state index contributed by atoms with van der Waals surface area (Å²) in [7, 11) is 0. The molecule has 1 aromatic rings. The molecule has 0 radical (unpaired) electrons. The molecule has 0 aliphatic carbocycles. The Morgan fingerprint density at radius 1 is 1.29 bits per heavy atom. The molecule has 1 aliphatic rings. The molecule has 0 fully saturated rings. The third kappa shape index (κ3) is 5.56. The highest BCUT2D eigenvalue weighted by atomic mass is 32.1. The van der Waals surface area contributed by atoms with Crippen LogP contribution in [0.1, 0.15) is 30.4 Å². The van der Waals surface area contributed by atoms with Gasteiger partial charge < -0.3 is 25.4 Å². The van der Waals surface area contributed by atoms with E-state index in [9.17, 15) is 19.2 Å². The number of rotatable bonds is 8. The van der Waals surface area contributed by atoms with Crippen molar-refractivity contribution in [1.82, 2.24) is 16.0 Å². The van der Waals surface area contributed by atoms with E-state index in [1.54, 1.807) is 38.3 Å². The first-order chi connectivity index (χ1) is 13.3. The Kier molecular flexibility index (Phi) is 7.56. The smallest absolute Gasteiger partial charge is 0.337 e. The topological polar surface area (TPSA) is 123 Å². The van der Waals surface area contributed by atoms with Crippen LogP contribution in [-0.2, 0) is 19.1 Å². The maximum Gasteiger partial charge on any atom is 0.337 e. The fraction of sp³-hybridized carbons (Fsp3) is 0.444. The first kappa shape index (κ1) is 21.4. The van der Waals surface area contributed by atoms with E-state index in [4.69, 9.17) is 9.47 Å². The molecule has 0 saturated heterocycles. The van der Waals surface area contributed by atoms with Crippen LogP contribution in [0.3, 0.4) is 0 Å². The Morgan fingerprint density at radius 3 is 2.64 bits per heavy atom. The second-order valence-electron chi connectivity index (χ2n) is 6.27. The van der Waals surface area contributed by atoms with E-state index in [-0.39, 0.29) is 42.9 Å². The third-order valence-corrected chi connectivity index (χ3v) is 4.76. The van der Waals surface area contributed by atoms with Crippen LogP contribution in [0.5, 0.6) is 0 Å². The standard InChI is InChI=1S/C18H23N3O6S/c1-4-26-16(23)11-8-19-18(25)20-12(11)9-27-17(24)14(10(2)3)21-15(22)13-6-5-7-28-13/h5-7,10,14H,4,8-9H2,1-3H3,(H,21,22)(H2,19,20,25). The van der Waals surface area contributed by atoms with E-state index in [0.29, 0.717) is 4.88 Å². The minimum absolute atomic E-state index is 0.0275. The Balaban J connectivity index is 2.06.